The molecule has 2 aliphatic rings. The zero-order chi connectivity index (χ0) is 12.5. The van der Waals surface area contributed by atoms with Crippen LogP contribution in [0, 0.1) is 5.92 Å². The molecule has 0 saturated heterocycles. The first-order valence-corrected chi connectivity index (χ1v) is 6.51. The zero-order valence-electron chi connectivity index (χ0n) is 10.2. The van der Waals surface area contributed by atoms with E-state index < -0.39 is 0 Å². The van der Waals surface area contributed by atoms with Crippen molar-refractivity contribution in [1.29, 1.82) is 0 Å². The Kier molecular flexibility index (Phi) is 2.86. The normalized spacial score (nSPS) is 18.4. The summed E-state index contributed by atoms with van der Waals surface area (Å²) in [5.41, 5.74) is 1.51. The van der Waals surface area contributed by atoms with Gasteiger partial charge < -0.3 is 5.32 Å². The Morgan fingerprint density at radius 2 is 2.06 bits per heavy atom. The van der Waals surface area contributed by atoms with E-state index in [0.29, 0.717) is 11.5 Å². The van der Waals surface area contributed by atoms with Crippen LogP contribution in [0.2, 0.25) is 0 Å². The first kappa shape index (κ1) is 11.4. The number of carbonyl (C=O) groups excluding carboxylic acids is 2. The second kappa shape index (κ2) is 4.52. The van der Waals surface area contributed by atoms with Gasteiger partial charge in [-0.25, -0.2) is 0 Å². The molecule has 0 spiro atoms. The number of Topliss-reactive ketones (excluding diaryl/α,β-unsaturated/α-hetero) is 1. The fourth-order valence-corrected chi connectivity index (χ4v) is 2.10. The number of carbonyl (C=O) groups is 2. The Morgan fingerprint density at radius 3 is 2.72 bits per heavy atom. The van der Waals surface area contributed by atoms with Crippen LogP contribution >= 0.6 is 0 Å². The van der Waals surface area contributed by atoms with Crippen LogP contribution in [0.25, 0.3) is 0 Å². The third kappa shape index (κ3) is 2.42. The van der Waals surface area contributed by atoms with Gasteiger partial charge in [-0.1, -0.05) is 0 Å². The summed E-state index contributed by atoms with van der Waals surface area (Å²) in [6, 6.07) is 3.56. The average molecular weight is 244 g/mol. The highest BCUT2D eigenvalue weighted by atomic mass is 16.2. The summed E-state index contributed by atoms with van der Waals surface area (Å²) in [7, 11) is 0. The summed E-state index contributed by atoms with van der Waals surface area (Å²) in [5, 5.41) is 2.71. The summed E-state index contributed by atoms with van der Waals surface area (Å²) < 4.78 is 0. The van der Waals surface area contributed by atoms with E-state index in [4.69, 9.17) is 0 Å². The lowest BCUT2D eigenvalue weighted by Gasteiger charge is -2.07. The van der Waals surface area contributed by atoms with Crippen LogP contribution in [0.4, 0.5) is 0 Å². The quantitative estimate of drug-likeness (QED) is 0.857. The first-order chi connectivity index (χ1) is 8.75. The number of rotatable bonds is 5. The van der Waals surface area contributed by atoms with Crippen LogP contribution in [0.1, 0.15) is 47.7 Å². The molecule has 1 amide bonds. The Morgan fingerprint density at radius 1 is 1.28 bits per heavy atom. The van der Waals surface area contributed by atoms with Crippen LogP contribution < -0.4 is 5.32 Å². The lowest BCUT2D eigenvalue weighted by molar-refractivity contribution is -0.119. The van der Waals surface area contributed by atoms with Crippen molar-refractivity contribution in [2.45, 2.75) is 31.6 Å². The fourth-order valence-electron chi connectivity index (χ4n) is 2.10. The molecule has 0 atom stereocenters. The number of aromatic nitrogens is 1. The Bertz CT molecular complexity index is 490. The monoisotopic (exact) mass is 244 g/mol. The van der Waals surface area contributed by atoms with Crippen LogP contribution in [0.5, 0.6) is 0 Å². The minimum Gasteiger partial charge on any atom is -0.345 e. The zero-order valence-corrected chi connectivity index (χ0v) is 10.2. The number of amides is 1. The van der Waals surface area contributed by atoms with E-state index in [1.807, 2.05) is 0 Å². The van der Waals surface area contributed by atoms with E-state index in [1.54, 1.807) is 18.3 Å². The van der Waals surface area contributed by atoms with Gasteiger partial charge in [-0.05, 0) is 37.8 Å². The van der Waals surface area contributed by atoms with Gasteiger partial charge in [-0.3, -0.25) is 14.6 Å². The highest BCUT2D eigenvalue weighted by Gasteiger charge is 2.31. The molecule has 4 nitrogen and oxygen atoms in total. The van der Waals surface area contributed by atoms with Crippen molar-refractivity contribution in [3.63, 3.8) is 0 Å². The molecule has 94 valence electrons. The maximum absolute atomic E-state index is 12.0. The van der Waals surface area contributed by atoms with Crippen molar-refractivity contribution in [3.05, 3.63) is 29.6 Å². The summed E-state index contributed by atoms with van der Waals surface area (Å²) in [6.45, 7) is 0.155. The van der Waals surface area contributed by atoms with Gasteiger partial charge in [0, 0.05) is 18.0 Å². The lowest BCUT2D eigenvalue weighted by Crippen LogP contribution is -2.31. The fraction of sp³-hybridized carbons (Fsp3) is 0.500. The van der Waals surface area contributed by atoms with Crippen molar-refractivity contribution < 1.29 is 9.59 Å². The second-order valence-corrected chi connectivity index (χ2v) is 5.13. The van der Waals surface area contributed by atoms with Gasteiger partial charge in [0.15, 0.2) is 5.78 Å². The number of ketones is 1. The predicted octanol–water partition coefficient (Wildman–Crippen LogP) is 1.67. The minimum absolute atomic E-state index is 0.153. The van der Waals surface area contributed by atoms with Crippen molar-refractivity contribution in [2.75, 3.05) is 6.54 Å². The molecule has 0 unspecified atom stereocenters. The van der Waals surface area contributed by atoms with Crippen LogP contribution in [0.3, 0.4) is 0 Å². The van der Waals surface area contributed by atoms with Gasteiger partial charge in [0.05, 0.1) is 17.8 Å². The maximum atomic E-state index is 12.0. The summed E-state index contributed by atoms with van der Waals surface area (Å²) >= 11 is 0. The molecule has 2 saturated carbocycles. The molecule has 1 heterocycles. The second-order valence-electron chi connectivity index (χ2n) is 5.13. The van der Waals surface area contributed by atoms with Gasteiger partial charge in [0.2, 0.25) is 0 Å². The van der Waals surface area contributed by atoms with Crippen molar-refractivity contribution in [1.82, 2.24) is 10.3 Å². The van der Waals surface area contributed by atoms with Crippen molar-refractivity contribution >= 4 is 11.7 Å². The standard InChI is InChI=1S/C14H16N2O2/c17-12(9-3-4-9)8-16-14(18)11-2-1-7-15-13(11)10-5-6-10/h1-2,7,9-10H,3-6,8H2,(H,16,18). The Labute approximate surface area is 106 Å². The largest absolute Gasteiger partial charge is 0.345 e. The van der Waals surface area contributed by atoms with Gasteiger partial charge >= 0.3 is 0 Å². The molecule has 2 fully saturated rings. The highest BCUT2D eigenvalue weighted by Crippen LogP contribution is 2.40. The third-order valence-corrected chi connectivity index (χ3v) is 3.50. The highest BCUT2D eigenvalue weighted by molar-refractivity contribution is 5.98. The maximum Gasteiger partial charge on any atom is 0.253 e. The molecular formula is C14H16N2O2. The Hall–Kier alpha value is -1.71. The minimum atomic E-state index is -0.168. The SMILES string of the molecule is O=C(NCC(=O)C1CC1)c1cccnc1C1CC1. The van der Waals surface area contributed by atoms with Crippen LogP contribution in [0.15, 0.2) is 18.3 Å². The average Bonchev–Trinajstić information content (AvgIpc) is 3.28. The lowest BCUT2D eigenvalue weighted by atomic mass is 10.1. The molecule has 0 bridgehead atoms. The molecule has 0 aliphatic heterocycles. The summed E-state index contributed by atoms with van der Waals surface area (Å²) in [4.78, 5) is 27.9. The molecule has 18 heavy (non-hydrogen) atoms. The smallest absolute Gasteiger partial charge is 0.253 e. The predicted molar refractivity (Wildman–Crippen MR) is 66.3 cm³/mol. The number of nitrogens with one attached hydrogen (secondary N) is 1. The van der Waals surface area contributed by atoms with E-state index in [2.05, 4.69) is 10.3 Å². The summed E-state index contributed by atoms with van der Waals surface area (Å²) in [5.74, 6) is 0.618. The van der Waals surface area contributed by atoms with Crippen LogP contribution in [-0.2, 0) is 4.79 Å². The summed E-state index contributed by atoms with van der Waals surface area (Å²) in [6.07, 6.45) is 5.90. The third-order valence-electron chi connectivity index (χ3n) is 3.50. The van der Waals surface area contributed by atoms with E-state index >= 15 is 0 Å². The Balaban J connectivity index is 1.65. The van der Waals surface area contributed by atoms with Gasteiger partial charge in [-0.15, -0.1) is 0 Å². The molecule has 4 heteroatoms. The van der Waals surface area contributed by atoms with Crippen molar-refractivity contribution in [3.8, 4) is 0 Å². The van der Waals surface area contributed by atoms with Crippen LogP contribution in [-0.4, -0.2) is 23.2 Å². The molecular weight excluding hydrogens is 228 g/mol. The number of hydrogen-bond donors (Lipinski definition) is 1. The van der Waals surface area contributed by atoms with Gasteiger partial charge in [0.25, 0.3) is 5.91 Å². The van der Waals surface area contributed by atoms with E-state index in [-0.39, 0.29) is 24.2 Å². The molecule has 1 aromatic rings. The molecule has 0 aromatic carbocycles. The number of hydrogen-bond acceptors (Lipinski definition) is 3. The molecule has 1 aromatic heterocycles. The van der Waals surface area contributed by atoms with E-state index in [0.717, 1.165) is 31.4 Å². The number of nitrogens with zero attached hydrogens (tertiary/aromatic N) is 1. The molecule has 3 rings (SSSR count). The van der Waals surface area contributed by atoms with E-state index in [1.165, 1.54) is 0 Å². The first-order valence-electron chi connectivity index (χ1n) is 6.51. The number of pyridine rings is 1. The van der Waals surface area contributed by atoms with E-state index in [9.17, 15) is 9.59 Å². The topological polar surface area (TPSA) is 59.1 Å². The molecule has 0 radical (unpaired) electrons. The van der Waals surface area contributed by atoms with Crippen molar-refractivity contribution in [2.24, 2.45) is 5.92 Å². The van der Waals surface area contributed by atoms with Gasteiger partial charge in [-0.2, -0.15) is 0 Å². The van der Waals surface area contributed by atoms with Gasteiger partial charge in [0.1, 0.15) is 0 Å². The molecule has 2 aliphatic carbocycles. The molecule has 1 N–H and O–H groups in total.